The fourth-order valence-electron chi connectivity index (χ4n) is 15.5. The predicted molar refractivity (Wildman–Crippen MR) is 363 cm³/mol. The number of fused-ring (bicyclic) bond motifs is 1. The standard InChI is InChI=1S/C70H113ClF4N12O12/c1-14-44(6)59-66(97)81(9)40-57(90)79(7)41-58(91)83(11)53(37-46-22-26-47(71)27-23-46)64(95)80(8)39-55(88)76-50(29-25-45-24-28-48(49(72)36-45)70(73,74)75)63(94)87-34-20-21-51(87)62(93)78-69(30-16-17-31-69)68(99)85(13)60(43(4)5)67(98)84(12)54(65(96)86-32-18-15-19-33-86)38-56(89)82(10)52(35-42(2)3)61(92)77-59/h42-54,59-60H,14-41H2,1-13H3,(H,76,88)(H,77,92)(H,78,93)/t44-,45?,46?,47?,48?,49?,50-,51-,52-,53-,54-,59-,60-/m0/s1. The summed E-state index contributed by atoms with van der Waals surface area (Å²) in [6, 6.07) is -8.92. The first-order chi connectivity index (χ1) is 46.4. The first kappa shape index (κ1) is 81.6. The number of alkyl halides is 5. The van der Waals surface area contributed by atoms with E-state index < -0.39 is 194 Å². The highest BCUT2D eigenvalue weighted by Gasteiger charge is 2.52. The van der Waals surface area contributed by atoms with Crippen molar-refractivity contribution in [3.63, 3.8) is 0 Å². The molecule has 0 aromatic carbocycles. The topological polar surface area (TPSA) is 270 Å². The lowest BCUT2D eigenvalue weighted by Crippen LogP contribution is -2.65. The molecule has 3 saturated heterocycles. The third kappa shape index (κ3) is 20.9. The average molecular weight is 1430 g/mol. The van der Waals surface area contributed by atoms with Gasteiger partial charge in [-0.1, -0.05) is 60.8 Å². The van der Waals surface area contributed by atoms with Crippen molar-refractivity contribution in [1.29, 1.82) is 0 Å². The summed E-state index contributed by atoms with van der Waals surface area (Å²) in [5.74, 6) is -12.2. The number of nitrogens with zero attached hydrogens (tertiary/aromatic N) is 9. The fraction of sp³-hybridized carbons (Fsp3) is 0.829. The van der Waals surface area contributed by atoms with Crippen molar-refractivity contribution in [2.24, 2.45) is 35.5 Å². The maximum Gasteiger partial charge on any atom is 0.394 e. The van der Waals surface area contributed by atoms with Gasteiger partial charge in [0.1, 0.15) is 54.0 Å². The van der Waals surface area contributed by atoms with E-state index in [9.17, 15) is 51.5 Å². The summed E-state index contributed by atoms with van der Waals surface area (Å²) < 4.78 is 56.8. The lowest BCUT2D eigenvalue weighted by Gasteiger charge is -2.42. The number of amides is 12. The third-order valence-corrected chi connectivity index (χ3v) is 22.5. The minimum atomic E-state index is -4.76. The molecule has 3 aliphatic heterocycles. The number of hydrogen-bond acceptors (Lipinski definition) is 12. The molecule has 3 heterocycles. The monoisotopic (exact) mass is 1420 g/mol. The molecular weight excluding hydrogens is 1310 g/mol. The number of likely N-dealkylation sites (N-methyl/N-ethyl adjacent to an activating group) is 7. The molecular formula is C70H113ClF4N12O12. The molecule has 6 aliphatic rings. The van der Waals surface area contributed by atoms with Gasteiger partial charge in [-0.15, -0.1) is 11.6 Å². The third-order valence-electron chi connectivity index (χ3n) is 22.0. The molecule has 0 radical (unpaired) electrons. The molecule has 11 atom stereocenters. The van der Waals surface area contributed by atoms with Crippen molar-refractivity contribution in [3.05, 3.63) is 0 Å². The number of halogens is 5. The zero-order chi connectivity index (χ0) is 73.7. The summed E-state index contributed by atoms with van der Waals surface area (Å²) in [7, 11) is 9.75. The van der Waals surface area contributed by atoms with Crippen LogP contribution in [0, 0.1) is 35.5 Å². The summed E-state index contributed by atoms with van der Waals surface area (Å²) in [4.78, 5) is 189. The number of piperidine rings is 1. The van der Waals surface area contributed by atoms with Crippen LogP contribution in [0.2, 0.25) is 0 Å². The summed E-state index contributed by atoms with van der Waals surface area (Å²) in [5, 5.41) is 8.56. The maximum absolute atomic E-state index is 15.4. The lowest BCUT2D eigenvalue weighted by molar-refractivity contribution is -0.201. The predicted octanol–water partition coefficient (Wildman–Crippen LogP) is 5.51. The average Bonchev–Trinajstić information content (AvgIpc) is 1.77. The van der Waals surface area contributed by atoms with Crippen LogP contribution in [-0.4, -0.2) is 269 Å². The molecule has 3 saturated carbocycles. The van der Waals surface area contributed by atoms with E-state index in [1.54, 1.807) is 25.7 Å². The Morgan fingerprint density at radius 1 is 0.606 bits per heavy atom. The van der Waals surface area contributed by atoms with Gasteiger partial charge < -0.3 is 60.0 Å². The van der Waals surface area contributed by atoms with Crippen LogP contribution >= 0.6 is 11.6 Å². The number of nitrogens with one attached hydrogen (secondary N) is 3. The van der Waals surface area contributed by atoms with E-state index in [4.69, 9.17) is 11.6 Å². The minimum absolute atomic E-state index is 0.00911. The molecule has 0 aromatic rings. The number of likely N-dealkylation sites (tertiary alicyclic amines) is 1. The van der Waals surface area contributed by atoms with E-state index in [0.29, 0.717) is 77.3 Å². The Morgan fingerprint density at radius 3 is 1.79 bits per heavy atom. The summed E-state index contributed by atoms with van der Waals surface area (Å²) >= 11 is 6.49. The highest BCUT2D eigenvalue weighted by molar-refractivity contribution is 6.20. The van der Waals surface area contributed by atoms with Crippen LogP contribution in [0.1, 0.15) is 183 Å². The van der Waals surface area contributed by atoms with Crippen molar-refractivity contribution < 1.29 is 75.1 Å². The Kier molecular flexibility index (Phi) is 29.7. The summed E-state index contributed by atoms with van der Waals surface area (Å²) in [5.41, 5.74) is -1.59. The second-order valence-electron chi connectivity index (χ2n) is 30.2. The molecule has 3 N–H and O–H groups in total. The first-order valence-electron chi connectivity index (χ1n) is 36.1. The summed E-state index contributed by atoms with van der Waals surface area (Å²) in [6.45, 7) is 9.71. The molecule has 3 unspecified atom stereocenters. The van der Waals surface area contributed by atoms with Crippen LogP contribution in [0.15, 0.2) is 0 Å². The second-order valence-corrected chi connectivity index (χ2v) is 30.8. The molecule has 0 bridgehead atoms. The van der Waals surface area contributed by atoms with Gasteiger partial charge >= 0.3 is 6.18 Å². The van der Waals surface area contributed by atoms with E-state index in [-0.39, 0.29) is 75.1 Å². The van der Waals surface area contributed by atoms with Crippen LogP contribution in [0.4, 0.5) is 17.6 Å². The largest absolute Gasteiger partial charge is 0.394 e. The van der Waals surface area contributed by atoms with Gasteiger partial charge in [-0.25, -0.2) is 4.39 Å². The van der Waals surface area contributed by atoms with Crippen molar-refractivity contribution in [3.8, 4) is 0 Å². The van der Waals surface area contributed by atoms with Crippen molar-refractivity contribution in [1.82, 2.24) is 60.0 Å². The normalized spacial score (nSPS) is 30.5. The van der Waals surface area contributed by atoms with Crippen molar-refractivity contribution in [2.75, 3.05) is 88.6 Å². The van der Waals surface area contributed by atoms with Crippen LogP contribution in [0.25, 0.3) is 0 Å². The maximum atomic E-state index is 15.4. The zero-order valence-electron chi connectivity index (χ0n) is 60.8. The molecule has 12 amide bonds. The Hall–Kier alpha value is -6.35. The number of carbonyl (C=O) groups is 12. The molecule has 24 nitrogen and oxygen atoms in total. The van der Waals surface area contributed by atoms with E-state index in [0.717, 1.165) is 21.1 Å². The smallest absolute Gasteiger partial charge is 0.343 e. The molecule has 3 aliphatic carbocycles. The molecule has 560 valence electrons. The zero-order valence-corrected chi connectivity index (χ0v) is 61.5. The van der Waals surface area contributed by atoms with Gasteiger partial charge in [0.2, 0.25) is 70.9 Å². The van der Waals surface area contributed by atoms with Gasteiger partial charge in [0.05, 0.1) is 32.0 Å². The van der Waals surface area contributed by atoms with Crippen LogP contribution < -0.4 is 16.0 Å². The van der Waals surface area contributed by atoms with E-state index in [2.05, 4.69) is 16.0 Å². The highest BCUT2D eigenvalue weighted by atomic mass is 35.5. The summed E-state index contributed by atoms with van der Waals surface area (Å²) in [6.07, 6.45) is -1.51. The van der Waals surface area contributed by atoms with Crippen LogP contribution in [-0.2, 0) is 57.5 Å². The molecule has 6 fully saturated rings. The minimum Gasteiger partial charge on any atom is -0.343 e. The Morgan fingerprint density at radius 2 is 1.20 bits per heavy atom. The van der Waals surface area contributed by atoms with Gasteiger partial charge in [-0.2, -0.15) is 13.2 Å². The van der Waals surface area contributed by atoms with Gasteiger partial charge in [0.25, 0.3) is 0 Å². The Labute approximate surface area is 587 Å². The number of rotatable bonds is 11. The first-order valence-corrected chi connectivity index (χ1v) is 36.5. The number of hydrogen-bond donors (Lipinski definition) is 3. The van der Waals surface area contributed by atoms with Crippen LogP contribution in [0.3, 0.4) is 0 Å². The van der Waals surface area contributed by atoms with Crippen molar-refractivity contribution >= 4 is 82.5 Å². The quantitative estimate of drug-likeness (QED) is 0.171. The lowest BCUT2D eigenvalue weighted by atomic mass is 9.78. The van der Waals surface area contributed by atoms with E-state index in [1.807, 2.05) is 20.8 Å². The van der Waals surface area contributed by atoms with Gasteiger partial charge in [-0.05, 0) is 145 Å². The molecule has 0 aromatic heterocycles. The van der Waals surface area contributed by atoms with E-state index in [1.165, 1.54) is 73.8 Å². The Bertz CT molecular complexity index is 2870. The fourth-order valence-corrected chi connectivity index (χ4v) is 15.8. The second kappa shape index (κ2) is 36.0. The Balaban J connectivity index is 1.41. The molecule has 6 rings (SSSR count). The van der Waals surface area contributed by atoms with Gasteiger partial charge in [-0.3, -0.25) is 57.5 Å². The van der Waals surface area contributed by atoms with Gasteiger partial charge in [0.15, 0.2) is 0 Å². The van der Waals surface area contributed by atoms with Crippen molar-refractivity contribution in [2.45, 2.75) is 248 Å². The molecule has 1 spiro atoms. The van der Waals surface area contributed by atoms with Crippen LogP contribution in [0.5, 0.6) is 0 Å². The molecule has 99 heavy (non-hydrogen) atoms. The SMILES string of the molecule is CC[C@H](C)[C@@H]1NC(=O)[C@H](CC(C)C)N(C)C(=O)C[C@@H](C(=O)N2CCCCC2)N(C)C(=O)[C@H](C(C)C)N(C)C(=O)C2(CCCC2)NC(=O)[C@@H]2CCCN2C(=O)[C@H](CCC2CCC(C(F)(F)F)C(F)C2)NC(=O)CN(C)C(=O)[C@H](CC2CCC(Cl)CC2)N(C)C(=O)CN(C)C(=O)CN(C)C1=O. The van der Waals surface area contributed by atoms with E-state index >= 15 is 23.6 Å². The van der Waals surface area contributed by atoms with Gasteiger partial charge in [0, 0.05) is 74.3 Å². The number of carbonyl (C=O) groups excluding carboxylic acids is 12. The highest BCUT2D eigenvalue weighted by Crippen LogP contribution is 2.43. The molecule has 29 heteroatoms.